The molecule has 0 fully saturated rings. The third kappa shape index (κ3) is 3.39. The fourth-order valence-electron chi connectivity index (χ4n) is 1.23. The monoisotopic (exact) mass is 200 g/mol. The van der Waals surface area contributed by atoms with Crippen LogP contribution in [0.5, 0.6) is 0 Å². The summed E-state index contributed by atoms with van der Waals surface area (Å²) >= 11 is 5.92. The van der Waals surface area contributed by atoms with Crippen molar-refractivity contribution < 1.29 is 0 Å². The molecule has 1 atom stereocenters. The van der Waals surface area contributed by atoms with Gasteiger partial charge in [0.2, 0.25) is 0 Å². The topological polar surface area (TPSA) is 17.8 Å². The number of alkyl halides is 1. The van der Waals surface area contributed by atoms with Crippen LogP contribution in [0.25, 0.3) is 0 Å². The maximum Gasteiger partial charge on any atom is 0.0588 e. The molecule has 0 aliphatic rings. The Balaban J connectivity index is 2.40. The zero-order valence-electron chi connectivity index (χ0n) is 8.33. The molecule has 0 bridgehead atoms. The fourth-order valence-corrected chi connectivity index (χ4v) is 1.34. The Morgan fingerprint density at radius 1 is 1.54 bits per heavy atom. The second-order valence-corrected chi connectivity index (χ2v) is 4.01. The summed E-state index contributed by atoms with van der Waals surface area (Å²) in [6, 6.07) is 0. The molecule has 0 N–H and O–H groups in total. The van der Waals surface area contributed by atoms with Crippen molar-refractivity contribution in [2.24, 2.45) is 0 Å². The number of rotatable bonds is 5. The number of unbranched alkanes of at least 4 members (excludes halogenated alkanes) is 2. The Bertz CT molecular complexity index is 243. The molecule has 74 valence electrons. The molecule has 0 spiro atoms. The van der Waals surface area contributed by atoms with Gasteiger partial charge in [0.05, 0.1) is 11.6 Å². The van der Waals surface area contributed by atoms with E-state index in [0.717, 1.165) is 12.1 Å². The van der Waals surface area contributed by atoms with Crippen molar-refractivity contribution in [1.29, 1.82) is 0 Å². The number of aromatic nitrogens is 2. The molecule has 3 heteroatoms. The molecule has 13 heavy (non-hydrogen) atoms. The number of nitrogens with zero attached hydrogens (tertiary/aromatic N) is 2. The van der Waals surface area contributed by atoms with Crippen LogP contribution in [-0.2, 0) is 6.54 Å². The van der Waals surface area contributed by atoms with Gasteiger partial charge in [-0.3, -0.25) is 4.68 Å². The second-order valence-electron chi connectivity index (χ2n) is 3.36. The minimum atomic E-state index is 0.0694. The van der Waals surface area contributed by atoms with Crippen LogP contribution in [-0.4, -0.2) is 9.78 Å². The van der Waals surface area contributed by atoms with Gasteiger partial charge < -0.3 is 0 Å². The summed E-state index contributed by atoms with van der Waals surface area (Å²) in [6.07, 6.45) is 7.61. The molecule has 0 radical (unpaired) electrons. The maximum atomic E-state index is 5.92. The van der Waals surface area contributed by atoms with Gasteiger partial charge in [-0.15, -0.1) is 11.6 Å². The van der Waals surface area contributed by atoms with E-state index in [-0.39, 0.29) is 5.38 Å². The van der Waals surface area contributed by atoms with Crippen molar-refractivity contribution in [3.8, 4) is 0 Å². The van der Waals surface area contributed by atoms with E-state index >= 15 is 0 Å². The zero-order valence-corrected chi connectivity index (χ0v) is 9.09. The van der Waals surface area contributed by atoms with E-state index in [9.17, 15) is 0 Å². The molecule has 0 saturated carbocycles. The van der Waals surface area contributed by atoms with Crippen LogP contribution < -0.4 is 0 Å². The normalized spacial score (nSPS) is 13.2. The van der Waals surface area contributed by atoms with Gasteiger partial charge in [-0.2, -0.15) is 5.10 Å². The smallest absolute Gasteiger partial charge is 0.0588 e. The van der Waals surface area contributed by atoms with Crippen molar-refractivity contribution >= 4 is 11.6 Å². The van der Waals surface area contributed by atoms with Crippen LogP contribution >= 0.6 is 11.6 Å². The van der Waals surface area contributed by atoms with Crippen LogP contribution in [0.3, 0.4) is 0 Å². The molecule has 2 nitrogen and oxygen atoms in total. The van der Waals surface area contributed by atoms with Gasteiger partial charge in [-0.05, 0) is 13.3 Å². The highest BCUT2D eigenvalue weighted by molar-refractivity contribution is 6.20. The molecule has 0 amide bonds. The summed E-state index contributed by atoms with van der Waals surface area (Å²) in [4.78, 5) is 0. The Kier molecular flexibility index (Phi) is 4.29. The van der Waals surface area contributed by atoms with E-state index < -0.39 is 0 Å². The van der Waals surface area contributed by atoms with Crippen LogP contribution in [0.1, 0.15) is 44.1 Å². The molecular weight excluding hydrogens is 184 g/mol. The van der Waals surface area contributed by atoms with Crippen LogP contribution in [0.15, 0.2) is 12.4 Å². The number of halogens is 1. The molecule has 1 aromatic heterocycles. The Morgan fingerprint density at radius 3 is 2.85 bits per heavy atom. The van der Waals surface area contributed by atoms with Gasteiger partial charge in [0.15, 0.2) is 0 Å². The lowest BCUT2D eigenvalue weighted by Gasteiger charge is -1.99. The molecule has 1 unspecified atom stereocenters. The number of aryl methyl sites for hydroxylation is 1. The summed E-state index contributed by atoms with van der Waals surface area (Å²) in [5.74, 6) is 0. The van der Waals surface area contributed by atoms with Crippen molar-refractivity contribution in [3.05, 3.63) is 18.0 Å². The van der Waals surface area contributed by atoms with E-state index in [0.29, 0.717) is 0 Å². The minimum absolute atomic E-state index is 0.0694. The second kappa shape index (κ2) is 5.28. The van der Waals surface area contributed by atoms with Crippen molar-refractivity contribution in [1.82, 2.24) is 9.78 Å². The van der Waals surface area contributed by atoms with E-state index in [1.54, 1.807) is 0 Å². The Labute approximate surface area is 84.9 Å². The first kappa shape index (κ1) is 10.6. The highest BCUT2D eigenvalue weighted by Crippen LogP contribution is 2.17. The van der Waals surface area contributed by atoms with Crippen molar-refractivity contribution in [2.75, 3.05) is 0 Å². The van der Waals surface area contributed by atoms with Gasteiger partial charge in [0, 0.05) is 18.3 Å². The summed E-state index contributed by atoms with van der Waals surface area (Å²) in [5.41, 5.74) is 1.11. The highest BCUT2D eigenvalue weighted by atomic mass is 35.5. The molecule has 0 aliphatic carbocycles. The first-order valence-corrected chi connectivity index (χ1v) is 5.34. The largest absolute Gasteiger partial charge is 0.272 e. The van der Waals surface area contributed by atoms with Gasteiger partial charge in [0.25, 0.3) is 0 Å². The van der Waals surface area contributed by atoms with E-state index in [2.05, 4.69) is 12.0 Å². The summed E-state index contributed by atoms with van der Waals surface area (Å²) in [5, 5.41) is 4.31. The Hall–Kier alpha value is -0.500. The zero-order chi connectivity index (χ0) is 9.68. The number of hydrogen-bond acceptors (Lipinski definition) is 1. The molecule has 1 rings (SSSR count). The average Bonchev–Trinajstić information content (AvgIpc) is 2.53. The highest BCUT2D eigenvalue weighted by Gasteiger charge is 2.03. The van der Waals surface area contributed by atoms with Crippen molar-refractivity contribution in [3.63, 3.8) is 0 Å². The van der Waals surface area contributed by atoms with E-state index in [1.807, 2.05) is 24.0 Å². The third-order valence-electron chi connectivity index (χ3n) is 2.10. The quantitative estimate of drug-likeness (QED) is 0.527. The van der Waals surface area contributed by atoms with Crippen LogP contribution in [0.2, 0.25) is 0 Å². The molecule has 1 aromatic rings. The predicted molar refractivity (Wildman–Crippen MR) is 56.0 cm³/mol. The SMILES string of the molecule is CCCCCn1cc(C(C)Cl)cn1. The van der Waals surface area contributed by atoms with E-state index in [1.165, 1.54) is 19.3 Å². The third-order valence-corrected chi connectivity index (χ3v) is 2.36. The lowest BCUT2D eigenvalue weighted by Crippen LogP contribution is -1.97. The van der Waals surface area contributed by atoms with Gasteiger partial charge in [-0.25, -0.2) is 0 Å². The van der Waals surface area contributed by atoms with Gasteiger partial charge >= 0.3 is 0 Å². The van der Waals surface area contributed by atoms with Gasteiger partial charge in [0.1, 0.15) is 0 Å². The molecule has 0 saturated heterocycles. The molecule has 0 aromatic carbocycles. The summed E-state index contributed by atoms with van der Waals surface area (Å²) in [7, 11) is 0. The first-order valence-electron chi connectivity index (χ1n) is 4.90. The lowest BCUT2D eigenvalue weighted by atomic mass is 10.2. The molecule has 1 heterocycles. The predicted octanol–water partition coefficient (Wildman–Crippen LogP) is 3.37. The first-order chi connectivity index (χ1) is 6.24. The summed E-state index contributed by atoms with van der Waals surface area (Å²) in [6.45, 7) is 5.18. The lowest BCUT2D eigenvalue weighted by molar-refractivity contribution is 0.553. The summed E-state index contributed by atoms with van der Waals surface area (Å²) < 4.78 is 1.98. The Morgan fingerprint density at radius 2 is 2.31 bits per heavy atom. The number of hydrogen-bond donors (Lipinski definition) is 0. The van der Waals surface area contributed by atoms with Crippen LogP contribution in [0.4, 0.5) is 0 Å². The fraction of sp³-hybridized carbons (Fsp3) is 0.700. The minimum Gasteiger partial charge on any atom is -0.272 e. The van der Waals surface area contributed by atoms with Crippen LogP contribution in [0, 0.1) is 0 Å². The molecular formula is C10H17ClN2. The van der Waals surface area contributed by atoms with Crippen molar-refractivity contribution in [2.45, 2.75) is 45.0 Å². The maximum absolute atomic E-state index is 5.92. The average molecular weight is 201 g/mol. The standard InChI is InChI=1S/C10H17ClN2/c1-3-4-5-6-13-8-10(7-12-13)9(2)11/h7-9H,3-6H2,1-2H3. The van der Waals surface area contributed by atoms with E-state index in [4.69, 9.17) is 11.6 Å². The van der Waals surface area contributed by atoms with Gasteiger partial charge in [-0.1, -0.05) is 19.8 Å². The molecule has 0 aliphatic heterocycles.